The molecule has 2 amide bonds. The average molecular weight is 412 g/mol. The van der Waals surface area contributed by atoms with Crippen LogP contribution in [-0.2, 0) is 29.0 Å². The SMILES string of the molecule is COC(=O)[C@H](CCS(=O)(=O)c1ccccc1)NC(=O)[C@@H]1C[C@@H](O)CN1C(C)=O. The van der Waals surface area contributed by atoms with Gasteiger partial charge in [-0.05, 0) is 18.6 Å². The number of esters is 1. The van der Waals surface area contributed by atoms with E-state index in [1.165, 1.54) is 24.0 Å². The van der Waals surface area contributed by atoms with Crippen LogP contribution in [0.4, 0.5) is 0 Å². The van der Waals surface area contributed by atoms with Gasteiger partial charge in [0, 0.05) is 19.9 Å². The summed E-state index contributed by atoms with van der Waals surface area (Å²) in [5.41, 5.74) is 0. The Hall–Kier alpha value is -2.46. The molecule has 28 heavy (non-hydrogen) atoms. The van der Waals surface area contributed by atoms with Crippen molar-refractivity contribution in [2.75, 3.05) is 19.4 Å². The van der Waals surface area contributed by atoms with Crippen molar-refractivity contribution in [1.82, 2.24) is 10.2 Å². The van der Waals surface area contributed by atoms with Crippen molar-refractivity contribution in [3.05, 3.63) is 30.3 Å². The molecule has 1 aliphatic rings. The van der Waals surface area contributed by atoms with Crippen LogP contribution in [0.5, 0.6) is 0 Å². The number of β-amino-alcohol motifs (C(OH)–C–C–N with tert-alkyl or cyclic N) is 1. The molecule has 1 aromatic rings. The molecule has 0 saturated carbocycles. The Morgan fingerprint density at radius 2 is 1.93 bits per heavy atom. The third-order valence-electron chi connectivity index (χ3n) is 4.57. The number of benzene rings is 1. The first-order valence-electron chi connectivity index (χ1n) is 8.77. The monoisotopic (exact) mass is 412 g/mol. The van der Waals surface area contributed by atoms with Gasteiger partial charge in [0.1, 0.15) is 12.1 Å². The second kappa shape index (κ2) is 9.16. The van der Waals surface area contributed by atoms with Crippen molar-refractivity contribution in [2.24, 2.45) is 0 Å². The van der Waals surface area contributed by atoms with Crippen LogP contribution in [-0.4, -0.2) is 73.8 Å². The lowest BCUT2D eigenvalue weighted by atomic mass is 10.1. The van der Waals surface area contributed by atoms with E-state index in [2.05, 4.69) is 10.1 Å². The highest BCUT2D eigenvalue weighted by molar-refractivity contribution is 7.91. The second-order valence-electron chi connectivity index (χ2n) is 6.58. The molecular formula is C18H24N2O7S. The maximum Gasteiger partial charge on any atom is 0.328 e. The molecule has 1 heterocycles. The largest absolute Gasteiger partial charge is 0.467 e. The molecule has 1 saturated heterocycles. The minimum atomic E-state index is -3.65. The van der Waals surface area contributed by atoms with E-state index in [9.17, 15) is 27.9 Å². The number of rotatable bonds is 7. The first kappa shape index (κ1) is 21.8. The molecule has 3 atom stereocenters. The summed E-state index contributed by atoms with van der Waals surface area (Å²) < 4.78 is 29.5. The molecule has 2 N–H and O–H groups in total. The summed E-state index contributed by atoms with van der Waals surface area (Å²) in [7, 11) is -2.52. The molecule has 1 aromatic carbocycles. The number of carbonyl (C=O) groups is 3. The van der Waals surface area contributed by atoms with Crippen molar-refractivity contribution >= 4 is 27.6 Å². The van der Waals surface area contributed by atoms with Gasteiger partial charge in [-0.25, -0.2) is 13.2 Å². The molecule has 1 aliphatic heterocycles. The summed E-state index contributed by atoms with van der Waals surface area (Å²) in [5, 5.41) is 12.2. The first-order valence-corrected chi connectivity index (χ1v) is 10.4. The summed E-state index contributed by atoms with van der Waals surface area (Å²) in [6.45, 7) is 1.31. The summed E-state index contributed by atoms with van der Waals surface area (Å²) in [6.07, 6.45) is -0.984. The smallest absolute Gasteiger partial charge is 0.328 e. The summed E-state index contributed by atoms with van der Waals surface area (Å²) in [4.78, 5) is 37.6. The van der Waals surface area contributed by atoms with Crippen LogP contribution >= 0.6 is 0 Å². The lowest BCUT2D eigenvalue weighted by Gasteiger charge is -2.24. The van der Waals surface area contributed by atoms with Gasteiger partial charge in [-0.1, -0.05) is 18.2 Å². The summed E-state index contributed by atoms with van der Waals surface area (Å²) in [5.74, 6) is -2.18. The third kappa shape index (κ3) is 5.29. The zero-order valence-corrected chi connectivity index (χ0v) is 16.5. The quantitative estimate of drug-likeness (QED) is 0.577. The van der Waals surface area contributed by atoms with Crippen LogP contribution in [0, 0.1) is 0 Å². The lowest BCUT2D eigenvalue weighted by Crippen LogP contribution is -2.51. The number of hydrogen-bond acceptors (Lipinski definition) is 7. The number of aliphatic hydroxyl groups is 1. The van der Waals surface area contributed by atoms with Crippen molar-refractivity contribution in [3.63, 3.8) is 0 Å². The van der Waals surface area contributed by atoms with Gasteiger partial charge in [0.15, 0.2) is 9.84 Å². The molecule has 0 radical (unpaired) electrons. The van der Waals surface area contributed by atoms with Gasteiger partial charge in [0.2, 0.25) is 11.8 Å². The van der Waals surface area contributed by atoms with Crippen molar-refractivity contribution in [3.8, 4) is 0 Å². The lowest BCUT2D eigenvalue weighted by molar-refractivity contribution is -0.146. The molecule has 0 bridgehead atoms. The number of ether oxygens (including phenoxy) is 1. The number of nitrogens with zero attached hydrogens (tertiary/aromatic N) is 1. The highest BCUT2D eigenvalue weighted by Crippen LogP contribution is 2.19. The topological polar surface area (TPSA) is 130 Å². The van der Waals surface area contributed by atoms with E-state index in [1.54, 1.807) is 18.2 Å². The van der Waals surface area contributed by atoms with Crippen LogP contribution < -0.4 is 5.32 Å². The first-order chi connectivity index (χ1) is 13.2. The number of likely N-dealkylation sites (tertiary alicyclic amines) is 1. The number of aliphatic hydroxyl groups excluding tert-OH is 1. The maximum atomic E-state index is 12.6. The van der Waals surface area contributed by atoms with Crippen molar-refractivity contribution < 1.29 is 32.6 Å². The minimum absolute atomic E-state index is 0.0265. The Morgan fingerprint density at radius 1 is 1.29 bits per heavy atom. The van der Waals surface area contributed by atoms with Gasteiger partial charge < -0.3 is 20.1 Å². The number of sulfone groups is 1. The maximum absolute atomic E-state index is 12.6. The Labute approximate surface area is 163 Å². The van der Waals surface area contributed by atoms with E-state index in [0.717, 1.165) is 7.11 Å². The molecule has 2 rings (SSSR count). The van der Waals surface area contributed by atoms with Crippen LogP contribution in [0.1, 0.15) is 19.8 Å². The predicted octanol–water partition coefficient (Wildman–Crippen LogP) is -0.510. The van der Waals surface area contributed by atoms with Gasteiger partial charge in [-0.15, -0.1) is 0 Å². The van der Waals surface area contributed by atoms with Crippen LogP contribution in [0.25, 0.3) is 0 Å². The van der Waals surface area contributed by atoms with E-state index in [4.69, 9.17) is 0 Å². The molecule has 9 nitrogen and oxygen atoms in total. The van der Waals surface area contributed by atoms with Crippen molar-refractivity contribution in [2.45, 2.75) is 42.8 Å². The summed E-state index contributed by atoms with van der Waals surface area (Å²) in [6, 6.07) is 5.65. The van der Waals surface area contributed by atoms with Crippen LogP contribution in [0.3, 0.4) is 0 Å². The fourth-order valence-electron chi connectivity index (χ4n) is 3.09. The van der Waals surface area contributed by atoms with Crippen molar-refractivity contribution in [1.29, 1.82) is 0 Å². The van der Waals surface area contributed by atoms with Gasteiger partial charge in [0.25, 0.3) is 0 Å². The van der Waals surface area contributed by atoms with Crippen LogP contribution in [0.2, 0.25) is 0 Å². The molecule has 1 fully saturated rings. The Morgan fingerprint density at radius 3 is 2.50 bits per heavy atom. The molecule has 0 spiro atoms. The third-order valence-corrected chi connectivity index (χ3v) is 6.33. The number of carbonyl (C=O) groups excluding carboxylic acids is 3. The molecule has 0 unspecified atom stereocenters. The zero-order valence-electron chi connectivity index (χ0n) is 15.7. The fourth-order valence-corrected chi connectivity index (χ4v) is 4.44. The number of amides is 2. The Kier molecular flexibility index (Phi) is 7.14. The Balaban J connectivity index is 2.09. The van der Waals surface area contributed by atoms with Gasteiger partial charge in [-0.3, -0.25) is 9.59 Å². The second-order valence-corrected chi connectivity index (χ2v) is 8.69. The van der Waals surface area contributed by atoms with E-state index < -0.39 is 39.9 Å². The Bertz CT molecular complexity index is 826. The van der Waals surface area contributed by atoms with Crippen LogP contribution in [0.15, 0.2) is 35.2 Å². The predicted molar refractivity (Wildman–Crippen MR) is 98.9 cm³/mol. The zero-order chi connectivity index (χ0) is 20.9. The number of hydrogen-bond donors (Lipinski definition) is 2. The fraction of sp³-hybridized carbons (Fsp3) is 0.500. The van der Waals surface area contributed by atoms with Gasteiger partial charge in [0.05, 0.1) is 23.9 Å². The molecule has 0 aliphatic carbocycles. The highest BCUT2D eigenvalue weighted by Gasteiger charge is 2.39. The molecule has 154 valence electrons. The summed E-state index contributed by atoms with van der Waals surface area (Å²) >= 11 is 0. The van der Waals surface area contributed by atoms with Gasteiger partial charge >= 0.3 is 5.97 Å². The number of nitrogens with one attached hydrogen (secondary N) is 1. The molecular weight excluding hydrogens is 388 g/mol. The minimum Gasteiger partial charge on any atom is -0.467 e. The molecule has 10 heteroatoms. The number of methoxy groups -OCH3 is 1. The van der Waals surface area contributed by atoms with Gasteiger partial charge in [-0.2, -0.15) is 0 Å². The standard InChI is InChI=1S/C18H24N2O7S/c1-12(21)20-11-13(22)10-16(20)17(23)19-15(18(24)27-2)8-9-28(25,26)14-6-4-3-5-7-14/h3-7,13,15-16,22H,8-11H2,1-2H3,(H,19,23)/t13-,15+,16+/m1/s1. The van der Waals surface area contributed by atoms with E-state index >= 15 is 0 Å². The van der Waals surface area contributed by atoms with E-state index in [0.29, 0.717) is 0 Å². The highest BCUT2D eigenvalue weighted by atomic mass is 32.2. The van der Waals surface area contributed by atoms with E-state index in [1.807, 2.05) is 0 Å². The average Bonchev–Trinajstić information content (AvgIpc) is 3.07. The molecule has 0 aromatic heterocycles. The normalized spacial score (nSPS) is 20.5. The van der Waals surface area contributed by atoms with E-state index in [-0.39, 0.29) is 35.9 Å².